The molecule has 120 valence electrons. The fourth-order valence-electron chi connectivity index (χ4n) is 3.42. The first-order valence-electron chi connectivity index (χ1n) is 8.07. The first-order chi connectivity index (χ1) is 9.82. The molecule has 1 fully saturated rings. The van der Waals surface area contributed by atoms with Crippen LogP contribution in [0.3, 0.4) is 0 Å². The van der Waals surface area contributed by atoms with Crippen LogP contribution in [0.2, 0.25) is 0 Å². The third kappa shape index (κ3) is 4.31. The van der Waals surface area contributed by atoms with E-state index in [0.29, 0.717) is 11.5 Å². The Labute approximate surface area is 142 Å². The zero-order valence-corrected chi connectivity index (χ0v) is 16.1. The topological polar surface area (TPSA) is 29.3 Å². The van der Waals surface area contributed by atoms with Crippen molar-refractivity contribution in [3.05, 3.63) is 20.8 Å². The van der Waals surface area contributed by atoms with Gasteiger partial charge in [0.05, 0.1) is 9.83 Å². The summed E-state index contributed by atoms with van der Waals surface area (Å²) in [5.74, 6) is 0.835. The Morgan fingerprint density at radius 3 is 2.38 bits per heavy atom. The zero-order valence-electron chi connectivity index (χ0n) is 13.7. The fourth-order valence-corrected chi connectivity index (χ4v) is 5.05. The SMILES string of the molecule is CCC(N)C(c1ccc(Br)s1)N1CCC(C(C)(C)C)CC1. The van der Waals surface area contributed by atoms with Crippen LogP contribution in [0.5, 0.6) is 0 Å². The Hall–Kier alpha value is 0.1000. The summed E-state index contributed by atoms with van der Waals surface area (Å²) >= 11 is 5.42. The van der Waals surface area contributed by atoms with Crippen molar-refractivity contribution < 1.29 is 0 Å². The molecule has 0 aliphatic carbocycles. The Balaban J connectivity index is 2.09. The number of hydrogen-bond donors (Lipinski definition) is 1. The lowest BCUT2D eigenvalue weighted by Crippen LogP contribution is -2.45. The van der Waals surface area contributed by atoms with E-state index in [1.54, 1.807) is 0 Å². The largest absolute Gasteiger partial charge is 0.326 e. The molecule has 0 saturated carbocycles. The van der Waals surface area contributed by atoms with Gasteiger partial charge in [-0.15, -0.1) is 11.3 Å². The van der Waals surface area contributed by atoms with E-state index in [1.165, 1.54) is 34.6 Å². The smallest absolute Gasteiger partial charge is 0.0702 e. The summed E-state index contributed by atoms with van der Waals surface area (Å²) in [5.41, 5.74) is 6.89. The van der Waals surface area contributed by atoms with Gasteiger partial charge < -0.3 is 5.73 Å². The van der Waals surface area contributed by atoms with Crippen LogP contribution < -0.4 is 5.73 Å². The molecule has 2 nitrogen and oxygen atoms in total. The molecule has 0 amide bonds. The summed E-state index contributed by atoms with van der Waals surface area (Å²) in [5, 5.41) is 0. The quantitative estimate of drug-likeness (QED) is 0.801. The molecule has 1 aromatic rings. The standard InChI is InChI=1S/C17H29BrN2S/c1-5-13(19)16(14-6-7-15(18)21-14)20-10-8-12(9-11-20)17(2,3)4/h6-7,12-13,16H,5,8-11,19H2,1-4H3. The number of hydrogen-bond acceptors (Lipinski definition) is 3. The second kappa shape index (κ2) is 7.12. The van der Waals surface area contributed by atoms with Crippen molar-refractivity contribution in [1.82, 2.24) is 4.90 Å². The van der Waals surface area contributed by atoms with Crippen molar-refractivity contribution in [2.45, 2.75) is 59.0 Å². The van der Waals surface area contributed by atoms with Gasteiger partial charge in [0.2, 0.25) is 0 Å². The van der Waals surface area contributed by atoms with Gasteiger partial charge in [-0.1, -0.05) is 27.7 Å². The van der Waals surface area contributed by atoms with Crippen molar-refractivity contribution in [2.24, 2.45) is 17.1 Å². The van der Waals surface area contributed by atoms with E-state index in [4.69, 9.17) is 5.73 Å². The van der Waals surface area contributed by atoms with E-state index < -0.39 is 0 Å². The molecule has 2 N–H and O–H groups in total. The highest BCUT2D eigenvalue weighted by Crippen LogP contribution is 2.39. The summed E-state index contributed by atoms with van der Waals surface area (Å²) in [6, 6.07) is 5.00. The molecule has 1 saturated heterocycles. The van der Waals surface area contributed by atoms with Crippen molar-refractivity contribution in [3.8, 4) is 0 Å². The normalized spacial score (nSPS) is 21.4. The Bertz CT molecular complexity index is 444. The van der Waals surface area contributed by atoms with Crippen LogP contribution in [-0.2, 0) is 0 Å². The van der Waals surface area contributed by atoms with Crippen LogP contribution in [0.15, 0.2) is 15.9 Å². The van der Waals surface area contributed by atoms with Crippen LogP contribution in [0.1, 0.15) is 57.9 Å². The van der Waals surface area contributed by atoms with E-state index in [-0.39, 0.29) is 6.04 Å². The molecule has 4 heteroatoms. The Kier molecular flexibility index (Phi) is 5.91. The van der Waals surface area contributed by atoms with Gasteiger partial charge in [0, 0.05) is 10.9 Å². The lowest BCUT2D eigenvalue weighted by atomic mass is 9.75. The zero-order chi connectivity index (χ0) is 15.6. The molecule has 21 heavy (non-hydrogen) atoms. The van der Waals surface area contributed by atoms with Gasteiger partial charge in [0.15, 0.2) is 0 Å². The van der Waals surface area contributed by atoms with Gasteiger partial charge in [-0.2, -0.15) is 0 Å². The minimum absolute atomic E-state index is 0.224. The van der Waals surface area contributed by atoms with E-state index in [2.05, 4.69) is 60.7 Å². The average molecular weight is 373 g/mol. The number of nitrogens with zero attached hydrogens (tertiary/aromatic N) is 1. The predicted octanol–water partition coefficient (Wildman–Crippen LogP) is 5.05. The molecule has 0 radical (unpaired) electrons. The summed E-state index contributed by atoms with van der Waals surface area (Å²) in [6.45, 7) is 11.7. The van der Waals surface area contributed by atoms with E-state index in [9.17, 15) is 0 Å². The summed E-state index contributed by atoms with van der Waals surface area (Å²) in [6.07, 6.45) is 3.62. The highest BCUT2D eigenvalue weighted by Gasteiger charge is 2.34. The van der Waals surface area contributed by atoms with Crippen LogP contribution in [0, 0.1) is 11.3 Å². The number of likely N-dealkylation sites (tertiary alicyclic amines) is 1. The third-order valence-corrected chi connectivity index (χ3v) is 6.60. The number of thiophene rings is 1. The van der Waals surface area contributed by atoms with Gasteiger partial charge in [-0.3, -0.25) is 4.90 Å². The van der Waals surface area contributed by atoms with E-state index in [0.717, 1.165) is 12.3 Å². The molecule has 0 bridgehead atoms. The molecule has 2 atom stereocenters. The number of rotatable bonds is 4. The maximum Gasteiger partial charge on any atom is 0.0702 e. The second-order valence-electron chi connectivity index (χ2n) is 7.34. The summed E-state index contributed by atoms with van der Waals surface area (Å²) < 4.78 is 1.20. The Morgan fingerprint density at radius 1 is 1.33 bits per heavy atom. The highest BCUT2D eigenvalue weighted by molar-refractivity contribution is 9.11. The molecule has 2 rings (SSSR count). The fraction of sp³-hybridized carbons (Fsp3) is 0.765. The highest BCUT2D eigenvalue weighted by atomic mass is 79.9. The summed E-state index contributed by atoms with van der Waals surface area (Å²) in [7, 11) is 0. The maximum atomic E-state index is 6.46. The van der Waals surface area contributed by atoms with Crippen molar-refractivity contribution in [2.75, 3.05) is 13.1 Å². The number of nitrogens with two attached hydrogens (primary N) is 1. The Morgan fingerprint density at radius 2 is 1.95 bits per heavy atom. The minimum Gasteiger partial charge on any atom is -0.326 e. The molecule has 1 aliphatic rings. The third-order valence-electron chi connectivity index (χ3n) is 4.91. The van der Waals surface area contributed by atoms with Gasteiger partial charge in [-0.25, -0.2) is 0 Å². The van der Waals surface area contributed by atoms with E-state index in [1.807, 2.05) is 11.3 Å². The molecule has 0 spiro atoms. The van der Waals surface area contributed by atoms with Gasteiger partial charge in [0.25, 0.3) is 0 Å². The molecular formula is C17H29BrN2S. The molecule has 1 aromatic heterocycles. The first kappa shape index (κ1) is 17.5. The van der Waals surface area contributed by atoms with E-state index >= 15 is 0 Å². The number of halogens is 1. The van der Waals surface area contributed by atoms with Crippen molar-refractivity contribution in [3.63, 3.8) is 0 Å². The molecule has 1 aliphatic heterocycles. The minimum atomic E-state index is 0.224. The number of piperidine rings is 1. The predicted molar refractivity (Wildman–Crippen MR) is 96.8 cm³/mol. The van der Waals surface area contributed by atoms with Crippen LogP contribution >= 0.6 is 27.3 Å². The van der Waals surface area contributed by atoms with Crippen LogP contribution in [0.25, 0.3) is 0 Å². The molecule has 2 unspecified atom stereocenters. The van der Waals surface area contributed by atoms with Gasteiger partial charge >= 0.3 is 0 Å². The monoisotopic (exact) mass is 372 g/mol. The maximum absolute atomic E-state index is 6.46. The van der Waals surface area contributed by atoms with Crippen molar-refractivity contribution >= 4 is 27.3 Å². The average Bonchev–Trinajstić information content (AvgIpc) is 2.84. The molecule has 0 aromatic carbocycles. The lowest BCUT2D eigenvalue weighted by molar-refractivity contribution is 0.0734. The van der Waals surface area contributed by atoms with Crippen LogP contribution in [0.4, 0.5) is 0 Å². The van der Waals surface area contributed by atoms with Gasteiger partial charge in [-0.05, 0) is 71.7 Å². The summed E-state index contributed by atoms with van der Waals surface area (Å²) in [4.78, 5) is 4.03. The van der Waals surface area contributed by atoms with Crippen molar-refractivity contribution in [1.29, 1.82) is 0 Å². The van der Waals surface area contributed by atoms with Crippen LogP contribution in [-0.4, -0.2) is 24.0 Å². The molecular weight excluding hydrogens is 344 g/mol. The second-order valence-corrected chi connectivity index (χ2v) is 9.83. The first-order valence-corrected chi connectivity index (χ1v) is 9.68. The lowest BCUT2D eigenvalue weighted by Gasteiger charge is -2.43. The molecule has 2 heterocycles. The van der Waals surface area contributed by atoms with Gasteiger partial charge in [0.1, 0.15) is 0 Å².